The fraction of sp³-hybridized carbons (Fsp3) is 0.467. The summed E-state index contributed by atoms with van der Waals surface area (Å²) in [5.41, 5.74) is 0.0300. The Morgan fingerprint density at radius 2 is 2.14 bits per heavy atom. The zero-order chi connectivity index (χ0) is 15.1. The first-order valence-corrected chi connectivity index (χ1v) is 7.60. The maximum Gasteiger partial charge on any atom is 0.274 e. The number of nitrogens with one attached hydrogen (secondary N) is 1. The number of hydrogen-bond acceptors (Lipinski definition) is 5. The summed E-state index contributed by atoms with van der Waals surface area (Å²) in [7, 11) is 0. The number of nitrogens with zero attached hydrogens (tertiary/aromatic N) is 4. The molecule has 2 aliphatic carbocycles. The van der Waals surface area contributed by atoms with Gasteiger partial charge in [0.05, 0.1) is 6.54 Å². The van der Waals surface area contributed by atoms with Crippen molar-refractivity contribution in [3.8, 4) is 5.75 Å². The maximum absolute atomic E-state index is 12.1. The van der Waals surface area contributed by atoms with E-state index in [0.717, 1.165) is 24.5 Å². The SMILES string of the molecule is O=C(NCc1nnc(C2CC2)n1C1CC1)c1ncccc1O. The lowest BCUT2D eigenvalue weighted by molar-refractivity contribution is 0.0941. The molecule has 2 aromatic heterocycles. The molecule has 4 rings (SSSR count). The Morgan fingerprint density at radius 3 is 2.82 bits per heavy atom. The molecule has 2 aliphatic rings. The number of carbonyl (C=O) groups is 1. The minimum Gasteiger partial charge on any atom is -0.505 e. The van der Waals surface area contributed by atoms with Crippen LogP contribution >= 0.6 is 0 Å². The van der Waals surface area contributed by atoms with Crippen molar-refractivity contribution in [2.24, 2.45) is 0 Å². The molecule has 0 aliphatic heterocycles. The number of aromatic nitrogens is 4. The van der Waals surface area contributed by atoms with Crippen LogP contribution in [0, 0.1) is 0 Å². The first-order valence-electron chi connectivity index (χ1n) is 7.60. The van der Waals surface area contributed by atoms with Crippen LogP contribution in [0.1, 0.15) is 59.8 Å². The summed E-state index contributed by atoms with van der Waals surface area (Å²) in [6, 6.07) is 3.51. The molecule has 22 heavy (non-hydrogen) atoms. The van der Waals surface area contributed by atoms with E-state index in [-0.39, 0.29) is 11.4 Å². The molecule has 0 spiro atoms. The van der Waals surface area contributed by atoms with Crippen LogP contribution in [0.3, 0.4) is 0 Å². The lowest BCUT2D eigenvalue weighted by Crippen LogP contribution is -2.25. The van der Waals surface area contributed by atoms with Crippen molar-refractivity contribution in [1.82, 2.24) is 25.1 Å². The third-order valence-electron chi connectivity index (χ3n) is 4.06. The minimum absolute atomic E-state index is 0.0300. The lowest BCUT2D eigenvalue weighted by Gasteiger charge is -2.09. The highest BCUT2D eigenvalue weighted by Gasteiger charge is 2.36. The van der Waals surface area contributed by atoms with Crippen LogP contribution < -0.4 is 5.32 Å². The van der Waals surface area contributed by atoms with Gasteiger partial charge in [-0.1, -0.05) is 0 Å². The lowest BCUT2D eigenvalue weighted by atomic mass is 10.3. The van der Waals surface area contributed by atoms with E-state index in [1.807, 2.05) is 0 Å². The topological polar surface area (TPSA) is 92.9 Å². The third-order valence-corrected chi connectivity index (χ3v) is 4.06. The van der Waals surface area contributed by atoms with Crippen molar-refractivity contribution in [3.63, 3.8) is 0 Å². The molecule has 0 atom stereocenters. The van der Waals surface area contributed by atoms with Crippen molar-refractivity contribution < 1.29 is 9.90 Å². The first-order chi connectivity index (χ1) is 10.7. The molecule has 2 N–H and O–H groups in total. The molecular formula is C15H17N5O2. The second-order valence-corrected chi connectivity index (χ2v) is 5.90. The van der Waals surface area contributed by atoms with E-state index < -0.39 is 5.91 Å². The largest absolute Gasteiger partial charge is 0.505 e. The molecule has 0 saturated heterocycles. The van der Waals surface area contributed by atoms with Gasteiger partial charge in [-0.25, -0.2) is 4.98 Å². The molecule has 0 aromatic carbocycles. The molecule has 1 amide bonds. The molecule has 2 heterocycles. The Balaban J connectivity index is 1.50. The number of carbonyl (C=O) groups excluding carboxylic acids is 1. The molecule has 2 saturated carbocycles. The summed E-state index contributed by atoms with van der Waals surface area (Å²) in [5, 5.41) is 21.0. The molecule has 114 valence electrons. The molecule has 2 fully saturated rings. The smallest absolute Gasteiger partial charge is 0.274 e. The van der Waals surface area contributed by atoms with Crippen molar-refractivity contribution in [2.75, 3.05) is 0 Å². The molecule has 7 nitrogen and oxygen atoms in total. The Kier molecular flexibility index (Phi) is 3.06. The van der Waals surface area contributed by atoms with Crippen molar-refractivity contribution >= 4 is 5.91 Å². The minimum atomic E-state index is -0.406. The molecule has 0 radical (unpaired) electrons. The van der Waals surface area contributed by atoms with Gasteiger partial charge in [-0.3, -0.25) is 4.79 Å². The van der Waals surface area contributed by atoms with Crippen LogP contribution in [0.15, 0.2) is 18.3 Å². The number of aromatic hydroxyl groups is 1. The fourth-order valence-corrected chi connectivity index (χ4v) is 2.62. The Morgan fingerprint density at radius 1 is 1.32 bits per heavy atom. The highest BCUT2D eigenvalue weighted by molar-refractivity contribution is 5.94. The molecule has 0 unspecified atom stereocenters. The monoisotopic (exact) mass is 299 g/mol. The van der Waals surface area contributed by atoms with E-state index in [1.54, 1.807) is 6.07 Å². The zero-order valence-corrected chi connectivity index (χ0v) is 12.1. The van der Waals surface area contributed by atoms with Crippen LogP contribution in [-0.4, -0.2) is 30.8 Å². The predicted molar refractivity (Wildman–Crippen MR) is 77.3 cm³/mol. The summed E-state index contributed by atoms with van der Waals surface area (Å²) in [5.74, 6) is 1.86. The van der Waals surface area contributed by atoms with Crippen LogP contribution in [-0.2, 0) is 6.54 Å². The molecule has 0 bridgehead atoms. The standard InChI is InChI=1S/C15H17N5O2/c21-11-2-1-7-16-13(11)15(22)17-8-12-18-19-14(9-3-4-9)20(12)10-5-6-10/h1-2,7,9-10,21H,3-6,8H2,(H,17,22). The van der Waals surface area contributed by atoms with Gasteiger partial charge in [0.2, 0.25) is 0 Å². The van der Waals surface area contributed by atoms with Gasteiger partial charge in [-0.15, -0.1) is 10.2 Å². The van der Waals surface area contributed by atoms with E-state index >= 15 is 0 Å². The van der Waals surface area contributed by atoms with Crippen LogP contribution in [0.25, 0.3) is 0 Å². The summed E-state index contributed by atoms with van der Waals surface area (Å²) < 4.78 is 2.19. The summed E-state index contributed by atoms with van der Waals surface area (Å²) in [6.45, 7) is 0.297. The quantitative estimate of drug-likeness (QED) is 0.873. The maximum atomic E-state index is 12.1. The summed E-state index contributed by atoms with van der Waals surface area (Å²) >= 11 is 0. The van der Waals surface area contributed by atoms with E-state index in [9.17, 15) is 9.90 Å². The number of hydrogen-bond donors (Lipinski definition) is 2. The second-order valence-electron chi connectivity index (χ2n) is 5.90. The van der Waals surface area contributed by atoms with Gasteiger partial charge in [0.15, 0.2) is 11.5 Å². The predicted octanol–water partition coefficient (Wildman–Crippen LogP) is 1.52. The first kappa shape index (κ1) is 13.2. The van der Waals surface area contributed by atoms with Gasteiger partial charge in [-0.2, -0.15) is 0 Å². The summed E-state index contributed by atoms with van der Waals surface area (Å²) in [6.07, 6.45) is 6.14. The normalized spacial score (nSPS) is 17.5. The van der Waals surface area contributed by atoms with Crippen LogP contribution in [0.2, 0.25) is 0 Å². The van der Waals surface area contributed by atoms with Gasteiger partial charge < -0.3 is 15.0 Å². The van der Waals surface area contributed by atoms with Gasteiger partial charge in [-0.05, 0) is 37.8 Å². The highest BCUT2D eigenvalue weighted by atomic mass is 16.3. The Labute approximate surface area is 127 Å². The number of amides is 1. The Hall–Kier alpha value is -2.44. The van der Waals surface area contributed by atoms with Gasteiger partial charge in [0.25, 0.3) is 5.91 Å². The van der Waals surface area contributed by atoms with Gasteiger partial charge in [0.1, 0.15) is 11.6 Å². The zero-order valence-electron chi connectivity index (χ0n) is 12.1. The van der Waals surface area contributed by atoms with E-state index in [4.69, 9.17) is 0 Å². The summed E-state index contributed by atoms with van der Waals surface area (Å²) in [4.78, 5) is 16.0. The molecular weight excluding hydrogens is 282 g/mol. The van der Waals surface area contributed by atoms with Crippen LogP contribution in [0.4, 0.5) is 0 Å². The number of rotatable bonds is 5. The highest BCUT2D eigenvalue weighted by Crippen LogP contribution is 2.44. The average molecular weight is 299 g/mol. The second kappa shape index (κ2) is 5.08. The fourth-order valence-electron chi connectivity index (χ4n) is 2.62. The molecule has 7 heteroatoms. The van der Waals surface area contributed by atoms with Crippen molar-refractivity contribution in [3.05, 3.63) is 35.7 Å². The van der Waals surface area contributed by atoms with E-state index in [0.29, 0.717) is 18.5 Å². The molecule has 2 aromatic rings. The van der Waals surface area contributed by atoms with E-state index in [2.05, 4.69) is 25.1 Å². The Bertz CT molecular complexity index is 718. The third kappa shape index (κ3) is 2.43. The van der Waals surface area contributed by atoms with Crippen molar-refractivity contribution in [2.45, 2.75) is 44.2 Å². The average Bonchev–Trinajstić information content (AvgIpc) is 3.44. The van der Waals surface area contributed by atoms with E-state index in [1.165, 1.54) is 25.1 Å². The van der Waals surface area contributed by atoms with Crippen LogP contribution in [0.5, 0.6) is 5.75 Å². The van der Waals surface area contributed by atoms with Gasteiger partial charge >= 0.3 is 0 Å². The number of pyridine rings is 1. The van der Waals surface area contributed by atoms with Gasteiger partial charge in [0, 0.05) is 18.2 Å². The van der Waals surface area contributed by atoms with Crippen molar-refractivity contribution in [1.29, 1.82) is 0 Å².